The van der Waals surface area contributed by atoms with Crippen LogP contribution in [-0.4, -0.2) is 60.5 Å². The molecular weight excluding hydrogens is 316 g/mol. The zero-order valence-electron chi connectivity index (χ0n) is 15.0. The van der Waals surface area contributed by atoms with Crippen LogP contribution in [0.2, 0.25) is 0 Å². The first-order valence-electron chi connectivity index (χ1n) is 9.35. The highest BCUT2D eigenvalue weighted by atomic mass is 16.2. The maximum absolute atomic E-state index is 12.3. The highest BCUT2D eigenvalue weighted by molar-refractivity contribution is 5.95. The smallest absolute Gasteiger partial charge is 0.319 e. The Balaban J connectivity index is 1.47. The minimum atomic E-state index is -0.193. The van der Waals surface area contributed by atoms with Crippen molar-refractivity contribution in [1.29, 1.82) is 0 Å². The molecule has 2 N–H and O–H groups in total. The monoisotopic (exact) mass is 344 g/mol. The number of anilines is 1. The van der Waals surface area contributed by atoms with Gasteiger partial charge in [0, 0.05) is 36.9 Å². The van der Waals surface area contributed by atoms with Gasteiger partial charge in [-0.05, 0) is 63.0 Å². The standard InChI is InChI=1S/C19H28N4O2/c1-2-22-13-5-6-17(22)14-20-19(25)21-16-9-7-15(8-10-16)18(24)23-11-3-4-12-23/h7-10,17H,2-6,11-14H2,1H3,(H2,20,21,25)/t17-/m1/s1. The van der Waals surface area contributed by atoms with Crippen LogP contribution in [0.15, 0.2) is 24.3 Å². The van der Waals surface area contributed by atoms with Crippen molar-refractivity contribution in [2.75, 3.05) is 38.0 Å². The van der Waals surface area contributed by atoms with Crippen molar-refractivity contribution in [3.63, 3.8) is 0 Å². The highest BCUT2D eigenvalue weighted by Crippen LogP contribution is 2.17. The molecule has 3 rings (SSSR count). The van der Waals surface area contributed by atoms with Gasteiger partial charge in [0.2, 0.25) is 0 Å². The largest absolute Gasteiger partial charge is 0.339 e. The summed E-state index contributed by atoms with van der Waals surface area (Å²) in [5.74, 6) is 0.0781. The normalized spacial score (nSPS) is 20.7. The number of nitrogens with zero attached hydrogens (tertiary/aromatic N) is 2. The van der Waals surface area contributed by atoms with Gasteiger partial charge in [-0.1, -0.05) is 6.92 Å². The van der Waals surface area contributed by atoms with E-state index in [1.807, 2.05) is 4.90 Å². The van der Waals surface area contributed by atoms with Crippen LogP contribution in [0.1, 0.15) is 43.0 Å². The molecule has 136 valence electrons. The van der Waals surface area contributed by atoms with E-state index in [0.717, 1.165) is 45.4 Å². The van der Waals surface area contributed by atoms with Gasteiger partial charge >= 0.3 is 6.03 Å². The molecule has 0 bridgehead atoms. The maximum atomic E-state index is 12.3. The Morgan fingerprint density at radius 2 is 1.80 bits per heavy atom. The van der Waals surface area contributed by atoms with Crippen LogP contribution in [0, 0.1) is 0 Å². The molecule has 0 unspecified atom stereocenters. The SMILES string of the molecule is CCN1CCC[C@@H]1CNC(=O)Nc1ccc(C(=O)N2CCCC2)cc1. The minimum absolute atomic E-state index is 0.0781. The molecular formula is C19H28N4O2. The Morgan fingerprint density at radius 3 is 2.48 bits per heavy atom. The number of carbonyl (C=O) groups excluding carboxylic acids is 2. The molecule has 2 fully saturated rings. The first-order valence-corrected chi connectivity index (χ1v) is 9.35. The third-order valence-electron chi connectivity index (χ3n) is 5.19. The van der Waals surface area contributed by atoms with Crippen LogP contribution in [0.4, 0.5) is 10.5 Å². The molecule has 2 saturated heterocycles. The second-order valence-electron chi connectivity index (χ2n) is 6.84. The molecule has 1 aromatic carbocycles. The fourth-order valence-electron chi connectivity index (χ4n) is 3.73. The van der Waals surface area contributed by atoms with Crippen molar-refractivity contribution < 1.29 is 9.59 Å². The second-order valence-corrected chi connectivity index (χ2v) is 6.84. The van der Waals surface area contributed by atoms with Crippen LogP contribution in [0.5, 0.6) is 0 Å². The van der Waals surface area contributed by atoms with Crippen molar-refractivity contribution in [2.45, 2.75) is 38.6 Å². The number of urea groups is 1. The first-order chi connectivity index (χ1) is 12.2. The van der Waals surface area contributed by atoms with E-state index in [2.05, 4.69) is 22.5 Å². The lowest BCUT2D eigenvalue weighted by molar-refractivity contribution is 0.0793. The summed E-state index contributed by atoms with van der Waals surface area (Å²) < 4.78 is 0. The number of hydrogen-bond donors (Lipinski definition) is 2. The number of benzene rings is 1. The molecule has 3 amide bonds. The molecule has 0 aliphatic carbocycles. The molecule has 1 atom stereocenters. The Morgan fingerprint density at radius 1 is 1.08 bits per heavy atom. The van der Waals surface area contributed by atoms with Gasteiger partial charge in [-0.3, -0.25) is 9.69 Å². The summed E-state index contributed by atoms with van der Waals surface area (Å²) >= 11 is 0. The van der Waals surface area contributed by atoms with Crippen LogP contribution in [0.25, 0.3) is 0 Å². The number of hydrogen-bond acceptors (Lipinski definition) is 3. The van der Waals surface area contributed by atoms with Gasteiger partial charge < -0.3 is 15.5 Å². The summed E-state index contributed by atoms with van der Waals surface area (Å²) in [5.41, 5.74) is 1.38. The van der Waals surface area contributed by atoms with E-state index in [9.17, 15) is 9.59 Å². The van der Waals surface area contributed by atoms with Gasteiger partial charge in [0.15, 0.2) is 0 Å². The lowest BCUT2D eigenvalue weighted by atomic mass is 10.2. The fraction of sp³-hybridized carbons (Fsp3) is 0.579. The third-order valence-corrected chi connectivity index (χ3v) is 5.19. The Labute approximate surface area is 149 Å². The van der Waals surface area contributed by atoms with Gasteiger partial charge in [-0.25, -0.2) is 4.79 Å². The first kappa shape index (κ1) is 17.7. The van der Waals surface area contributed by atoms with Crippen molar-refractivity contribution in [3.05, 3.63) is 29.8 Å². The molecule has 2 aliphatic heterocycles. The summed E-state index contributed by atoms with van der Waals surface area (Å²) in [6.45, 7) is 6.67. The number of likely N-dealkylation sites (tertiary alicyclic amines) is 2. The van der Waals surface area contributed by atoms with Crippen LogP contribution >= 0.6 is 0 Å². The number of nitrogens with one attached hydrogen (secondary N) is 2. The topological polar surface area (TPSA) is 64.7 Å². The number of likely N-dealkylation sites (N-methyl/N-ethyl adjacent to an activating group) is 1. The summed E-state index contributed by atoms with van der Waals surface area (Å²) in [5, 5.41) is 5.79. The summed E-state index contributed by atoms with van der Waals surface area (Å²) in [6.07, 6.45) is 4.51. The van der Waals surface area contributed by atoms with Crippen LogP contribution in [0.3, 0.4) is 0 Å². The predicted octanol–water partition coefficient (Wildman–Crippen LogP) is 2.53. The van der Waals surface area contributed by atoms with E-state index >= 15 is 0 Å². The minimum Gasteiger partial charge on any atom is -0.339 e. The molecule has 0 aromatic heterocycles. The third kappa shape index (κ3) is 4.51. The Hall–Kier alpha value is -2.08. The molecule has 25 heavy (non-hydrogen) atoms. The zero-order chi connectivity index (χ0) is 17.6. The number of amides is 3. The van der Waals surface area contributed by atoms with Crippen LogP contribution < -0.4 is 10.6 Å². The van der Waals surface area contributed by atoms with E-state index in [1.165, 1.54) is 6.42 Å². The fourth-order valence-corrected chi connectivity index (χ4v) is 3.73. The van der Waals surface area contributed by atoms with E-state index in [1.54, 1.807) is 24.3 Å². The molecule has 1 aromatic rings. The summed E-state index contributed by atoms with van der Waals surface area (Å²) in [4.78, 5) is 28.7. The maximum Gasteiger partial charge on any atom is 0.319 e. The summed E-state index contributed by atoms with van der Waals surface area (Å²) in [6, 6.07) is 7.39. The average molecular weight is 344 g/mol. The van der Waals surface area contributed by atoms with E-state index in [4.69, 9.17) is 0 Å². The quantitative estimate of drug-likeness (QED) is 0.863. The van der Waals surface area contributed by atoms with Crippen molar-refractivity contribution in [3.8, 4) is 0 Å². The van der Waals surface area contributed by atoms with Gasteiger partial charge in [-0.15, -0.1) is 0 Å². The van der Waals surface area contributed by atoms with Gasteiger partial charge in [-0.2, -0.15) is 0 Å². The summed E-state index contributed by atoms with van der Waals surface area (Å²) in [7, 11) is 0. The van der Waals surface area contributed by atoms with Crippen LogP contribution in [-0.2, 0) is 0 Å². The van der Waals surface area contributed by atoms with Gasteiger partial charge in [0.1, 0.15) is 0 Å². The molecule has 0 saturated carbocycles. The number of rotatable bonds is 5. The van der Waals surface area contributed by atoms with Gasteiger partial charge in [0.05, 0.1) is 0 Å². The zero-order valence-corrected chi connectivity index (χ0v) is 15.0. The van der Waals surface area contributed by atoms with E-state index < -0.39 is 0 Å². The van der Waals surface area contributed by atoms with Crippen molar-refractivity contribution >= 4 is 17.6 Å². The Kier molecular flexibility index (Phi) is 5.91. The molecule has 0 spiro atoms. The second kappa shape index (κ2) is 8.34. The molecule has 2 aliphatic rings. The average Bonchev–Trinajstić information content (AvgIpc) is 3.31. The highest BCUT2D eigenvalue weighted by Gasteiger charge is 2.23. The van der Waals surface area contributed by atoms with Gasteiger partial charge in [0.25, 0.3) is 5.91 Å². The van der Waals surface area contributed by atoms with E-state index in [0.29, 0.717) is 23.8 Å². The molecule has 0 radical (unpaired) electrons. The van der Waals surface area contributed by atoms with Crippen molar-refractivity contribution in [2.24, 2.45) is 0 Å². The van der Waals surface area contributed by atoms with E-state index in [-0.39, 0.29) is 11.9 Å². The Bertz CT molecular complexity index is 596. The molecule has 2 heterocycles. The molecule has 6 nitrogen and oxygen atoms in total. The lowest BCUT2D eigenvalue weighted by Crippen LogP contribution is -2.41. The number of carbonyl (C=O) groups is 2. The molecule has 6 heteroatoms. The predicted molar refractivity (Wildman–Crippen MR) is 98.9 cm³/mol. The lowest BCUT2D eigenvalue weighted by Gasteiger charge is -2.22. The van der Waals surface area contributed by atoms with Crippen molar-refractivity contribution in [1.82, 2.24) is 15.1 Å².